The minimum Gasteiger partial charge on any atom is -0.306 e. The van der Waals surface area contributed by atoms with Crippen LogP contribution in [0, 0.1) is 27.7 Å². The first-order valence-electron chi connectivity index (χ1n) is 10.6. The van der Waals surface area contributed by atoms with Gasteiger partial charge in [-0.3, -0.25) is 4.79 Å². The minimum atomic E-state index is -0.203. The molecule has 2 aromatic carbocycles. The summed E-state index contributed by atoms with van der Waals surface area (Å²) < 4.78 is 3.43. The zero-order valence-corrected chi connectivity index (χ0v) is 18.9. The lowest BCUT2D eigenvalue weighted by Crippen LogP contribution is -2.16. The second-order valence-electron chi connectivity index (χ2n) is 8.13. The first-order valence-corrected chi connectivity index (χ1v) is 10.6. The van der Waals surface area contributed by atoms with E-state index in [9.17, 15) is 4.79 Å². The number of nitrogens with one attached hydrogen (secondary N) is 1. The zero-order valence-electron chi connectivity index (χ0n) is 18.9. The molecule has 0 radical (unpaired) electrons. The van der Waals surface area contributed by atoms with Gasteiger partial charge in [-0.25, -0.2) is 14.6 Å². The summed E-state index contributed by atoms with van der Waals surface area (Å²) in [6.45, 7) is 7.89. The van der Waals surface area contributed by atoms with Gasteiger partial charge in [0.25, 0.3) is 5.91 Å². The van der Waals surface area contributed by atoms with Crippen molar-refractivity contribution in [2.75, 3.05) is 5.32 Å². The molecule has 0 unspecified atom stereocenters. The molecule has 8 nitrogen and oxygen atoms in total. The molecule has 0 bridgehead atoms. The van der Waals surface area contributed by atoms with E-state index >= 15 is 0 Å². The number of rotatable bonds is 4. The van der Waals surface area contributed by atoms with Gasteiger partial charge in [0.2, 0.25) is 0 Å². The standard InChI is InChI=1S/C25H23N7O/c1-15-9-10-21(17(3)11-15)31-23-20(13-28-31)24(27-14-26-23)32-22(12-18(4)30-32)29-25(33)19-8-6-5-7-16(19)2/h5-14H,1-4H3,(H,29,33). The number of nitrogens with zero attached hydrogens (tertiary/aromatic N) is 6. The summed E-state index contributed by atoms with van der Waals surface area (Å²) in [6, 6.07) is 15.5. The van der Waals surface area contributed by atoms with Crippen LogP contribution in [0.15, 0.2) is 61.1 Å². The van der Waals surface area contributed by atoms with Crippen molar-refractivity contribution >= 4 is 22.8 Å². The van der Waals surface area contributed by atoms with Crippen molar-refractivity contribution in [2.45, 2.75) is 27.7 Å². The van der Waals surface area contributed by atoms with E-state index in [4.69, 9.17) is 0 Å². The molecule has 0 atom stereocenters. The Morgan fingerprint density at radius 3 is 2.52 bits per heavy atom. The second kappa shape index (κ2) is 7.98. The highest BCUT2D eigenvalue weighted by Gasteiger charge is 2.19. The molecule has 0 spiro atoms. The number of anilines is 1. The van der Waals surface area contributed by atoms with E-state index in [2.05, 4.69) is 38.5 Å². The van der Waals surface area contributed by atoms with Crippen LogP contribution in [0.25, 0.3) is 22.5 Å². The van der Waals surface area contributed by atoms with Crippen LogP contribution in [0.5, 0.6) is 0 Å². The van der Waals surface area contributed by atoms with E-state index in [1.807, 2.05) is 57.2 Å². The molecule has 33 heavy (non-hydrogen) atoms. The number of aryl methyl sites for hydroxylation is 4. The van der Waals surface area contributed by atoms with Gasteiger partial charge in [0, 0.05) is 11.6 Å². The Morgan fingerprint density at radius 2 is 1.73 bits per heavy atom. The molecule has 0 aliphatic heterocycles. The zero-order chi connectivity index (χ0) is 23.1. The monoisotopic (exact) mass is 437 g/mol. The predicted octanol–water partition coefficient (Wildman–Crippen LogP) is 4.49. The molecular formula is C25H23N7O. The number of amides is 1. The molecule has 5 aromatic rings. The summed E-state index contributed by atoms with van der Waals surface area (Å²) in [4.78, 5) is 21.9. The number of fused-ring (bicyclic) bond motifs is 1. The second-order valence-corrected chi connectivity index (χ2v) is 8.13. The first-order chi connectivity index (χ1) is 15.9. The molecule has 0 aliphatic carbocycles. The van der Waals surface area contributed by atoms with Crippen LogP contribution in [-0.2, 0) is 0 Å². The smallest absolute Gasteiger partial charge is 0.257 e. The summed E-state index contributed by atoms with van der Waals surface area (Å²) in [5, 5.41) is 12.9. The van der Waals surface area contributed by atoms with Crippen LogP contribution in [0.1, 0.15) is 32.7 Å². The molecule has 164 valence electrons. The van der Waals surface area contributed by atoms with Crippen LogP contribution >= 0.6 is 0 Å². The number of aromatic nitrogens is 6. The lowest BCUT2D eigenvalue weighted by atomic mass is 10.1. The van der Waals surface area contributed by atoms with Crippen LogP contribution in [-0.4, -0.2) is 35.4 Å². The van der Waals surface area contributed by atoms with Crippen molar-refractivity contribution in [3.63, 3.8) is 0 Å². The van der Waals surface area contributed by atoms with E-state index in [0.717, 1.165) is 27.9 Å². The van der Waals surface area contributed by atoms with Gasteiger partial charge in [-0.2, -0.15) is 14.9 Å². The SMILES string of the molecule is Cc1ccc(-n2ncc3c(-n4nc(C)cc4NC(=O)c4ccccc4C)ncnc32)c(C)c1. The molecule has 0 saturated heterocycles. The third-order valence-electron chi connectivity index (χ3n) is 5.59. The van der Waals surface area contributed by atoms with Gasteiger partial charge >= 0.3 is 0 Å². The highest BCUT2D eigenvalue weighted by atomic mass is 16.1. The van der Waals surface area contributed by atoms with E-state index in [0.29, 0.717) is 22.8 Å². The largest absolute Gasteiger partial charge is 0.306 e. The van der Waals surface area contributed by atoms with E-state index < -0.39 is 0 Å². The van der Waals surface area contributed by atoms with Gasteiger partial charge in [0.1, 0.15) is 12.1 Å². The van der Waals surface area contributed by atoms with Crippen LogP contribution in [0.2, 0.25) is 0 Å². The van der Waals surface area contributed by atoms with Gasteiger partial charge in [-0.05, 0) is 51.0 Å². The number of hydrogen-bond donors (Lipinski definition) is 1. The topological polar surface area (TPSA) is 90.5 Å². The molecule has 1 N–H and O–H groups in total. The molecule has 8 heteroatoms. The number of benzene rings is 2. The Bertz CT molecular complexity index is 1510. The fourth-order valence-electron chi connectivity index (χ4n) is 3.98. The quantitative estimate of drug-likeness (QED) is 0.447. The number of hydrogen-bond acceptors (Lipinski definition) is 5. The van der Waals surface area contributed by atoms with Crippen molar-refractivity contribution in [2.24, 2.45) is 0 Å². The van der Waals surface area contributed by atoms with Crippen molar-refractivity contribution in [3.8, 4) is 11.5 Å². The summed E-state index contributed by atoms with van der Waals surface area (Å²) in [7, 11) is 0. The van der Waals surface area contributed by atoms with Crippen molar-refractivity contribution in [3.05, 3.63) is 89.0 Å². The Kier molecular flexibility index (Phi) is 4.97. The fraction of sp³-hybridized carbons (Fsp3) is 0.160. The summed E-state index contributed by atoms with van der Waals surface area (Å²) >= 11 is 0. The Balaban J connectivity index is 1.59. The molecule has 0 aliphatic rings. The van der Waals surface area contributed by atoms with E-state index in [-0.39, 0.29) is 5.91 Å². The van der Waals surface area contributed by atoms with Crippen LogP contribution in [0.4, 0.5) is 5.82 Å². The maximum absolute atomic E-state index is 12.9. The fourth-order valence-corrected chi connectivity index (χ4v) is 3.98. The van der Waals surface area contributed by atoms with Gasteiger partial charge in [-0.1, -0.05) is 35.9 Å². The minimum absolute atomic E-state index is 0.203. The highest BCUT2D eigenvalue weighted by Crippen LogP contribution is 2.26. The van der Waals surface area contributed by atoms with Gasteiger partial charge in [0.05, 0.1) is 23.0 Å². The van der Waals surface area contributed by atoms with E-state index in [1.54, 1.807) is 21.6 Å². The van der Waals surface area contributed by atoms with Gasteiger partial charge in [-0.15, -0.1) is 0 Å². The van der Waals surface area contributed by atoms with Gasteiger partial charge < -0.3 is 5.32 Å². The summed E-state index contributed by atoms with van der Waals surface area (Å²) in [5.74, 6) is 0.870. The highest BCUT2D eigenvalue weighted by molar-refractivity contribution is 6.05. The average Bonchev–Trinajstić information content (AvgIpc) is 3.37. The Labute approximate surface area is 190 Å². The molecule has 0 saturated carbocycles. The number of carbonyl (C=O) groups excluding carboxylic acids is 1. The van der Waals surface area contributed by atoms with Crippen molar-refractivity contribution in [1.29, 1.82) is 0 Å². The lowest BCUT2D eigenvalue weighted by molar-refractivity contribution is 0.102. The van der Waals surface area contributed by atoms with Crippen molar-refractivity contribution in [1.82, 2.24) is 29.5 Å². The normalized spacial score (nSPS) is 11.2. The molecule has 0 fully saturated rings. The third-order valence-corrected chi connectivity index (χ3v) is 5.59. The van der Waals surface area contributed by atoms with Crippen LogP contribution < -0.4 is 5.32 Å². The average molecular weight is 438 g/mol. The van der Waals surface area contributed by atoms with Crippen molar-refractivity contribution < 1.29 is 4.79 Å². The number of carbonyl (C=O) groups is 1. The predicted molar refractivity (Wildman–Crippen MR) is 127 cm³/mol. The Morgan fingerprint density at radius 1 is 0.909 bits per heavy atom. The molecule has 1 amide bonds. The summed E-state index contributed by atoms with van der Waals surface area (Å²) in [6.07, 6.45) is 3.22. The maximum atomic E-state index is 12.9. The molecule has 3 heterocycles. The third kappa shape index (κ3) is 3.65. The molecule has 3 aromatic heterocycles. The maximum Gasteiger partial charge on any atom is 0.257 e. The molecule has 5 rings (SSSR count). The lowest BCUT2D eigenvalue weighted by Gasteiger charge is -2.11. The van der Waals surface area contributed by atoms with E-state index in [1.165, 1.54) is 11.9 Å². The summed E-state index contributed by atoms with van der Waals surface area (Å²) in [5.41, 5.74) is 6.16. The first kappa shape index (κ1) is 20.6. The molecular weight excluding hydrogens is 414 g/mol. The van der Waals surface area contributed by atoms with Gasteiger partial charge in [0.15, 0.2) is 11.5 Å². The van der Waals surface area contributed by atoms with Crippen LogP contribution in [0.3, 0.4) is 0 Å². The Hall–Kier alpha value is -4.33.